The zero-order chi connectivity index (χ0) is 11.8. The van der Waals surface area contributed by atoms with Gasteiger partial charge in [-0.05, 0) is 19.4 Å². The van der Waals surface area contributed by atoms with E-state index in [9.17, 15) is 4.79 Å². The second kappa shape index (κ2) is 7.92. The van der Waals surface area contributed by atoms with Gasteiger partial charge < -0.3 is 10.2 Å². The minimum Gasteiger partial charge on any atom is -0.480 e. The Morgan fingerprint density at radius 3 is 2.75 bits per heavy atom. The first-order valence-corrected chi connectivity index (χ1v) is 7.06. The van der Waals surface area contributed by atoms with Crippen molar-refractivity contribution in [2.24, 2.45) is 0 Å². The number of rotatable bonds is 7. The summed E-state index contributed by atoms with van der Waals surface area (Å²) < 4.78 is 0. The third-order valence-corrected chi connectivity index (χ3v) is 3.90. The SMILES string of the molecule is O=C(O)C1CSCCN1CCCCCCO. The molecule has 0 amide bonds. The quantitative estimate of drug-likeness (QED) is 0.658. The van der Waals surface area contributed by atoms with E-state index in [0.717, 1.165) is 44.5 Å². The van der Waals surface area contributed by atoms with Gasteiger partial charge in [0.2, 0.25) is 0 Å². The number of aliphatic carboxylic acids is 1. The Hall–Kier alpha value is -0.260. The molecule has 16 heavy (non-hydrogen) atoms. The van der Waals surface area contributed by atoms with Gasteiger partial charge in [0.25, 0.3) is 0 Å². The van der Waals surface area contributed by atoms with Gasteiger partial charge in [0.1, 0.15) is 6.04 Å². The van der Waals surface area contributed by atoms with Gasteiger partial charge in [0, 0.05) is 24.7 Å². The van der Waals surface area contributed by atoms with E-state index in [0.29, 0.717) is 5.75 Å². The summed E-state index contributed by atoms with van der Waals surface area (Å²) in [4.78, 5) is 13.1. The summed E-state index contributed by atoms with van der Waals surface area (Å²) in [5, 5.41) is 17.7. The van der Waals surface area contributed by atoms with E-state index in [1.807, 2.05) is 0 Å². The Kier molecular flexibility index (Phi) is 6.84. The maximum Gasteiger partial charge on any atom is 0.321 e. The van der Waals surface area contributed by atoms with Crippen molar-refractivity contribution in [1.82, 2.24) is 4.90 Å². The van der Waals surface area contributed by atoms with Crippen LogP contribution in [0, 0.1) is 0 Å². The van der Waals surface area contributed by atoms with E-state index in [2.05, 4.69) is 4.90 Å². The van der Waals surface area contributed by atoms with E-state index in [1.165, 1.54) is 0 Å². The highest BCUT2D eigenvalue weighted by molar-refractivity contribution is 7.99. The predicted octanol–water partition coefficient (Wildman–Crippen LogP) is 1.04. The molecule has 1 atom stereocenters. The van der Waals surface area contributed by atoms with Crippen LogP contribution < -0.4 is 0 Å². The lowest BCUT2D eigenvalue weighted by atomic mass is 10.1. The topological polar surface area (TPSA) is 60.8 Å². The van der Waals surface area contributed by atoms with Gasteiger partial charge in [-0.25, -0.2) is 0 Å². The second-order valence-electron chi connectivity index (χ2n) is 4.10. The first-order chi connectivity index (χ1) is 7.75. The van der Waals surface area contributed by atoms with Crippen molar-refractivity contribution in [3.63, 3.8) is 0 Å². The minimum absolute atomic E-state index is 0.262. The molecule has 2 N–H and O–H groups in total. The molecule has 0 spiro atoms. The van der Waals surface area contributed by atoms with Crippen molar-refractivity contribution in [3.05, 3.63) is 0 Å². The summed E-state index contributed by atoms with van der Waals surface area (Å²) in [6.45, 7) is 2.03. The maximum absolute atomic E-state index is 11.0. The zero-order valence-corrected chi connectivity index (χ0v) is 10.4. The first-order valence-electron chi connectivity index (χ1n) is 5.91. The number of aliphatic hydroxyl groups is 1. The average Bonchev–Trinajstić information content (AvgIpc) is 2.29. The van der Waals surface area contributed by atoms with Gasteiger partial charge in [-0.15, -0.1) is 0 Å². The molecule has 0 aromatic rings. The number of nitrogens with zero attached hydrogens (tertiary/aromatic N) is 1. The molecule has 1 heterocycles. The molecular formula is C11H21NO3S. The molecule has 94 valence electrons. The largest absolute Gasteiger partial charge is 0.480 e. The number of thioether (sulfide) groups is 1. The van der Waals surface area contributed by atoms with Crippen molar-refractivity contribution in [3.8, 4) is 0 Å². The molecule has 1 unspecified atom stereocenters. The lowest BCUT2D eigenvalue weighted by molar-refractivity contribution is -0.142. The summed E-state index contributed by atoms with van der Waals surface area (Å²) in [7, 11) is 0. The summed E-state index contributed by atoms with van der Waals surface area (Å²) in [6.07, 6.45) is 4.01. The van der Waals surface area contributed by atoms with E-state index >= 15 is 0 Å². The van der Waals surface area contributed by atoms with Crippen LogP contribution in [0.15, 0.2) is 0 Å². The molecule has 0 aromatic heterocycles. The van der Waals surface area contributed by atoms with Crippen LogP contribution in [-0.4, -0.2) is 58.3 Å². The predicted molar refractivity (Wildman–Crippen MR) is 65.9 cm³/mol. The number of carboxylic acid groups (broad SMARTS) is 1. The van der Waals surface area contributed by atoms with E-state index < -0.39 is 5.97 Å². The van der Waals surface area contributed by atoms with Gasteiger partial charge in [0.15, 0.2) is 0 Å². The van der Waals surface area contributed by atoms with Crippen molar-refractivity contribution >= 4 is 17.7 Å². The van der Waals surface area contributed by atoms with Crippen molar-refractivity contribution < 1.29 is 15.0 Å². The summed E-state index contributed by atoms with van der Waals surface area (Å²) in [5.74, 6) is 1.06. The minimum atomic E-state index is -0.692. The van der Waals surface area contributed by atoms with Crippen LogP contribution in [0.3, 0.4) is 0 Å². The Morgan fingerprint density at radius 2 is 2.06 bits per heavy atom. The van der Waals surface area contributed by atoms with E-state index in [-0.39, 0.29) is 12.6 Å². The molecule has 1 aliphatic rings. The molecule has 1 aliphatic heterocycles. The molecule has 0 bridgehead atoms. The third-order valence-electron chi connectivity index (χ3n) is 2.88. The van der Waals surface area contributed by atoms with Gasteiger partial charge in [0.05, 0.1) is 0 Å². The summed E-state index contributed by atoms with van der Waals surface area (Å²) in [5.41, 5.74) is 0. The van der Waals surface area contributed by atoms with Crippen molar-refractivity contribution in [2.45, 2.75) is 31.7 Å². The Labute approximate surface area is 101 Å². The van der Waals surface area contributed by atoms with Gasteiger partial charge >= 0.3 is 5.97 Å². The monoisotopic (exact) mass is 247 g/mol. The fraction of sp³-hybridized carbons (Fsp3) is 0.909. The van der Waals surface area contributed by atoms with Crippen LogP contribution in [0.25, 0.3) is 0 Å². The van der Waals surface area contributed by atoms with Crippen LogP contribution in [0.1, 0.15) is 25.7 Å². The number of carboxylic acids is 1. The molecule has 1 rings (SSSR count). The van der Waals surface area contributed by atoms with Crippen LogP contribution >= 0.6 is 11.8 Å². The van der Waals surface area contributed by atoms with E-state index in [4.69, 9.17) is 10.2 Å². The highest BCUT2D eigenvalue weighted by Crippen LogP contribution is 2.17. The average molecular weight is 247 g/mol. The third kappa shape index (κ3) is 4.72. The number of hydrogen-bond acceptors (Lipinski definition) is 4. The molecule has 1 saturated heterocycles. The van der Waals surface area contributed by atoms with Crippen LogP contribution in [0.5, 0.6) is 0 Å². The zero-order valence-electron chi connectivity index (χ0n) is 9.60. The van der Waals surface area contributed by atoms with Crippen molar-refractivity contribution in [1.29, 1.82) is 0 Å². The smallest absolute Gasteiger partial charge is 0.321 e. The van der Waals surface area contributed by atoms with Gasteiger partial charge in [-0.3, -0.25) is 9.69 Å². The Balaban J connectivity index is 2.19. The molecule has 5 heteroatoms. The first kappa shape index (κ1) is 13.8. The standard InChI is InChI=1S/C11H21NO3S/c13-7-4-2-1-3-5-12-6-8-16-9-10(12)11(14)15/h10,13H,1-9H2,(H,14,15). The molecule has 0 aliphatic carbocycles. The molecule has 4 nitrogen and oxygen atoms in total. The number of unbranched alkanes of at least 4 members (excludes halogenated alkanes) is 3. The lowest BCUT2D eigenvalue weighted by Crippen LogP contribution is -2.47. The summed E-state index contributed by atoms with van der Waals surface area (Å²) in [6, 6.07) is -0.295. The number of hydrogen-bond donors (Lipinski definition) is 2. The van der Waals surface area contributed by atoms with Crippen LogP contribution in [0.2, 0.25) is 0 Å². The van der Waals surface area contributed by atoms with Crippen LogP contribution in [-0.2, 0) is 4.79 Å². The fourth-order valence-corrected chi connectivity index (χ4v) is 3.02. The fourth-order valence-electron chi connectivity index (χ4n) is 1.91. The normalized spacial score (nSPS) is 22.2. The molecular weight excluding hydrogens is 226 g/mol. The highest BCUT2D eigenvalue weighted by Gasteiger charge is 2.27. The highest BCUT2D eigenvalue weighted by atomic mass is 32.2. The summed E-state index contributed by atoms with van der Waals surface area (Å²) >= 11 is 1.73. The van der Waals surface area contributed by atoms with Crippen molar-refractivity contribution in [2.75, 3.05) is 31.2 Å². The van der Waals surface area contributed by atoms with Gasteiger partial charge in [-0.2, -0.15) is 11.8 Å². The number of carbonyl (C=O) groups is 1. The maximum atomic E-state index is 11.0. The lowest BCUT2D eigenvalue weighted by Gasteiger charge is -2.32. The molecule has 0 saturated carbocycles. The van der Waals surface area contributed by atoms with E-state index in [1.54, 1.807) is 11.8 Å². The van der Waals surface area contributed by atoms with Crippen LogP contribution in [0.4, 0.5) is 0 Å². The number of aliphatic hydroxyl groups excluding tert-OH is 1. The molecule has 0 aromatic carbocycles. The van der Waals surface area contributed by atoms with Gasteiger partial charge in [-0.1, -0.05) is 12.8 Å². The Morgan fingerprint density at radius 1 is 1.31 bits per heavy atom. The molecule has 0 radical (unpaired) electrons. The Bertz CT molecular complexity index is 213. The molecule has 1 fully saturated rings. The second-order valence-corrected chi connectivity index (χ2v) is 5.25.